The molecule has 4 rings (SSSR count). The third kappa shape index (κ3) is 4.12. The quantitative estimate of drug-likeness (QED) is 0.513. The van der Waals surface area contributed by atoms with E-state index in [0.717, 1.165) is 9.21 Å². The summed E-state index contributed by atoms with van der Waals surface area (Å²) < 4.78 is 33.2. The van der Waals surface area contributed by atoms with Crippen molar-refractivity contribution in [2.45, 2.75) is 23.9 Å². The van der Waals surface area contributed by atoms with Gasteiger partial charge in [0.1, 0.15) is 11.8 Å². The number of carbonyl (C=O) groups excluding carboxylic acids is 2. The molecular formula is C23H21N3O5S. The molecule has 0 spiro atoms. The molecule has 0 N–H and O–H groups in total. The lowest BCUT2D eigenvalue weighted by Gasteiger charge is -2.27. The molecule has 1 aromatic heterocycles. The van der Waals surface area contributed by atoms with E-state index in [1.807, 2.05) is 0 Å². The van der Waals surface area contributed by atoms with E-state index in [1.54, 1.807) is 60.8 Å². The first-order chi connectivity index (χ1) is 15.4. The molecule has 0 saturated carbocycles. The van der Waals surface area contributed by atoms with Crippen molar-refractivity contribution in [3.8, 4) is 5.75 Å². The molecule has 3 aromatic rings. The summed E-state index contributed by atoms with van der Waals surface area (Å²) in [6.07, 6.45) is 2.86. The van der Waals surface area contributed by atoms with Crippen LogP contribution < -0.4 is 9.64 Å². The maximum absolute atomic E-state index is 13.5. The fourth-order valence-electron chi connectivity index (χ4n) is 3.61. The van der Waals surface area contributed by atoms with E-state index in [4.69, 9.17) is 4.74 Å². The molecule has 1 fully saturated rings. The molecule has 2 aromatic carbocycles. The SMILES string of the molecule is COc1ccc(N2C(=O)CC(N(Cc3cccnc3)S(=O)(=O)c3ccccc3)C2=O)cc1. The Kier molecular flexibility index (Phi) is 6.02. The minimum absolute atomic E-state index is 0.0482. The number of aromatic nitrogens is 1. The highest BCUT2D eigenvalue weighted by Crippen LogP contribution is 2.31. The number of benzene rings is 2. The zero-order valence-electron chi connectivity index (χ0n) is 17.3. The second-order valence-electron chi connectivity index (χ2n) is 7.21. The van der Waals surface area contributed by atoms with E-state index in [2.05, 4.69) is 4.98 Å². The first-order valence-corrected chi connectivity index (χ1v) is 11.3. The minimum Gasteiger partial charge on any atom is -0.497 e. The molecule has 1 saturated heterocycles. The Hall–Kier alpha value is -3.56. The van der Waals surface area contributed by atoms with Gasteiger partial charge in [0.15, 0.2) is 0 Å². The molecule has 0 radical (unpaired) electrons. The number of amides is 2. The van der Waals surface area contributed by atoms with E-state index in [1.165, 1.54) is 25.4 Å². The normalized spacial score (nSPS) is 16.6. The lowest BCUT2D eigenvalue weighted by molar-refractivity contribution is -0.122. The van der Waals surface area contributed by atoms with Gasteiger partial charge in [-0.1, -0.05) is 24.3 Å². The van der Waals surface area contributed by atoms with Gasteiger partial charge in [0.25, 0.3) is 5.91 Å². The van der Waals surface area contributed by atoms with Crippen LogP contribution in [0.4, 0.5) is 5.69 Å². The molecule has 164 valence electrons. The van der Waals surface area contributed by atoms with Crippen molar-refractivity contribution in [1.82, 2.24) is 9.29 Å². The number of hydrogen-bond acceptors (Lipinski definition) is 6. The molecule has 2 heterocycles. The Morgan fingerprint density at radius 2 is 1.75 bits per heavy atom. The number of pyridine rings is 1. The Balaban J connectivity index is 1.72. The van der Waals surface area contributed by atoms with E-state index >= 15 is 0 Å². The predicted octanol–water partition coefficient (Wildman–Crippen LogP) is 2.61. The topological polar surface area (TPSA) is 96.9 Å². The average Bonchev–Trinajstić information content (AvgIpc) is 3.12. The number of carbonyl (C=O) groups is 2. The smallest absolute Gasteiger partial charge is 0.252 e. The van der Waals surface area contributed by atoms with Crippen LogP contribution in [-0.2, 0) is 26.2 Å². The van der Waals surface area contributed by atoms with Gasteiger partial charge in [-0.3, -0.25) is 14.6 Å². The lowest BCUT2D eigenvalue weighted by Crippen LogP contribution is -2.45. The number of anilines is 1. The third-order valence-corrected chi connectivity index (χ3v) is 7.08. The Bertz CT molecular complexity index is 1220. The second kappa shape index (κ2) is 8.89. The largest absolute Gasteiger partial charge is 0.497 e. The first kappa shape index (κ1) is 21.7. The van der Waals surface area contributed by atoms with Gasteiger partial charge in [0.05, 0.1) is 24.1 Å². The Morgan fingerprint density at radius 1 is 1.03 bits per heavy atom. The highest BCUT2D eigenvalue weighted by Gasteiger charge is 2.47. The minimum atomic E-state index is -4.07. The summed E-state index contributed by atoms with van der Waals surface area (Å²) in [6.45, 7) is -0.0921. The van der Waals surface area contributed by atoms with Crippen molar-refractivity contribution in [3.63, 3.8) is 0 Å². The molecule has 9 heteroatoms. The standard InChI is InChI=1S/C23H21N3O5S/c1-31-19-11-9-18(10-12-19)26-22(27)14-21(23(26)28)25(16-17-6-5-13-24-15-17)32(29,30)20-7-3-2-4-8-20/h2-13,15,21H,14,16H2,1H3. The van der Waals surface area contributed by atoms with E-state index in [9.17, 15) is 18.0 Å². The van der Waals surface area contributed by atoms with Gasteiger partial charge < -0.3 is 4.74 Å². The van der Waals surface area contributed by atoms with Crippen molar-refractivity contribution in [2.24, 2.45) is 0 Å². The van der Waals surface area contributed by atoms with Gasteiger partial charge in [-0.15, -0.1) is 0 Å². The second-order valence-corrected chi connectivity index (χ2v) is 9.10. The number of sulfonamides is 1. The highest BCUT2D eigenvalue weighted by atomic mass is 32.2. The van der Waals surface area contributed by atoms with Crippen LogP contribution in [0.15, 0.2) is 84.0 Å². The van der Waals surface area contributed by atoms with Gasteiger partial charge in [-0.25, -0.2) is 13.3 Å². The van der Waals surface area contributed by atoms with Crippen molar-refractivity contribution < 1.29 is 22.7 Å². The van der Waals surface area contributed by atoms with E-state index < -0.39 is 27.9 Å². The molecular weight excluding hydrogens is 430 g/mol. The van der Waals surface area contributed by atoms with E-state index in [0.29, 0.717) is 17.0 Å². The third-order valence-electron chi connectivity index (χ3n) is 5.21. The fourth-order valence-corrected chi connectivity index (χ4v) is 5.20. The number of nitrogens with zero attached hydrogens (tertiary/aromatic N) is 3. The average molecular weight is 452 g/mol. The monoisotopic (exact) mass is 451 g/mol. The molecule has 32 heavy (non-hydrogen) atoms. The maximum atomic E-state index is 13.5. The van der Waals surface area contributed by atoms with Crippen molar-refractivity contribution in [2.75, 3.05) is 12.0 Å². The number of hydrogen-bond donors (Lipinski definition) is 0. The van der Waals surface area contributed by atoms with Crippen LogP contribution in [0, 0.1) is 0 Å². The van der Waals surface area contributed by atoms with Crippen LogP contribution in [0.25, 0.3) is 0 Å². The van der Waals surface area contributed by atoms with E-state index in [-0.39, 0.29) is 17.9 Å². The lowest BCUT2D eigenvalue weighted by atomic mass is 10.2. The zero-order valence-corrected chi connectivity index (χ0v) is 18.1. The molecule has 1 atom stereocenters. The van der Waals surface area contributed by atoms with Crippen LogP contribution in [-0.4, -0.2) is 42.7 Å². The first-order valence-electron chi connectivity index (χ1n) is 9.88. The summed E-state index contributed by atoms with van der Waals surface area (Å²) in [5.74, 6) is -0.484. The Morgan fingerprint density at radius 3 is 2.38 bits per heavy atom. The number of rotatable bonds is 7. The molecule has 0 bridgehead atoms. The van der Waals surface area contributed by atoms with Gasteiger partial charge in [-0.05, 0) is 48.0 Å². The highest BCUT2D eigenvalue weighted by molar-refractivity contribution is 7.89. The molecule has 0 aliphatic carbocycles. The molecule has 1 aliphatic rings. The number of ether oxygens (including phenoxy) is 1. The summed E-state index contributed by atoms with van der Waals surface area (Å²) in [7, 11) is -2.55. The predicted molar refractivity (Wildman–Crippen MR) is 117 cm³/mol. The fraction of sp³-hybridized carbons (Fsp3) is 0.174. The van der Waals surface area contributed by atoms with Gasteiger partial charge in [0.2, 0.25) is 15.9 Å². The van der Waals surface area contributed by atoms with Crippen LogP contribution >= 0.6 is 0 Å². The molecule has 1 aliphatic heterocycles. The van der Waals surface area contributed by atoms with Crippen LogP contribution in [0.5, 0.6) is 5.75 Å². The van der Waals surface area contributed by atoms with Gasteiger partial charge >= 0.3 is 0 Å². The van der Waals surface area contributed by atoms with Crippen molar-refractivity contribution in [1.29, 1.82) is 0 Å². The maximum Gasteiger partial charge on any atom is 0.252 e. The number of methoxy groups -OCH3 is 1. The molecule has 2 amide bonds. The number of imide groups is 1. The van der Waals surface area contributed by atoms with Crippen molar-refractivity contribution >= 4 is 27.5 Å². The van der Waals surface area contributed by atoms with Crippen LogP contribution in [0.3, 0.4) is 0 Å². The summed E-state index contributed by atoms with van der Waals surface area (Å²) in [5.41, 5.74) is 0.969. The summed E-state index contributed by atoms with van der Waals surface area (Å²) in [5, 5.41) is 0. The Labute approximate surface area is 186 Å². The summed E-state index contributed by atoms with van der Waals surface area (Å²) >= 11 is 0. The van der Waals surface area contributed by atoms with Crippen LogP contribution in [0.2, 0.25) is 0 Å². The van der Waals surface area contributed by atoms with Crippen molar-refractivity contribution in [3.05, 3.63) is 84.7 Å². The zero-order chi connectivity index (χ0) is 22.7. The van der Waals surface area contributed by atoms with Crippen LogP contribution in [0.1, 0.15) is 12.0 Å². The molecule has 8 nitrogen and oxygen atoms in total. The van der Waals surface area contributed by atoms with Gasteiger partial charge in [-0.2, -0.15) is 4.31 Å². The van der Waals surface area contributed by atoms with Gasteiger partial charge in [0, 0.05) is 18.9 Å². The summed E-state index contributed by atoms with van der Waals surface area (Å²) in [6, 6.07) is 16.6. The molecule has 1 unspecified atom stereocenters. The summed E-state index contributed by atoms with van der Waals surface area (Å²) in [4.78, 5) is 31.3.